The summed E-state index contributed by atoms with van der Waals surface area (Å²) in [4.78, 5) is 9.37. The van der Waals surface area contributed by atoms with Gasteiger partial charge in [0.15, 0.2) is 0 Å². The predicted octanol–water partition coefficient (Wildman–Crippen LogP) is 1.53. The molecule has 0 aliphatic rings. The van der Waals surface area contributed by atoms with E-state index in [0.717, 1.165) is 0 Å². The fourth-order valence-corrected chi connectivity index (χ4v) is 0.463. The van der Waals surface area contributed by atoms with Gasteiger partial charge in [0, 0.05) is 0 Å². The highest BCUT2D eigenvalue weighted by atomic mass is 31.2. The van der Waals surface area contributed by atoms with Crippen molar-refractivity contribution in [1.29, 1.82) is 0 Å². The Bertz CT molecular complexity index is 86.9. The molecule has 0 spiro atoms. The SMILES string of the molecule is CCOP([O])(=O)F. The molecule has 0 saturated heterocycles. The first-order chi connectivity index (χ1) is 3.06. The Balaban J connectivity index is 3.36. The van der Waals surface area contributed by atoms with E-state index in [1.807, 2.05) is 0 Å². The molecule has 0 aromatic heterocycles. The van der Waals surface area contributed by atoms with Gasteiger partial charge in [-0.2, -0.15) is 0 Å². The maximum atomic E-state index is 11.2. The monoisotopic (exact) mass is 127 g/mol. The Morgan fingerprint density at radius 2 is 2.29 bits per heavy atom. The van der Waals surface area contributed by atoms with Gasteiger partial charge >= 0.3 is 7.91 Å². The van der Waals surface area contributed by atoms with Gasteiger partial charge in [0.05, 0.1) is 6.61 Å². The molecule has 5 heteroatoms. The van der Waals surface area contributed by atoms with Crippen molar-refractivity contribution >= 4 is 7.91 Å². The molecule has 1 radical (unpaired) electrons. The molecule has 0 N–H and O–H groups in total. The van der Waals surface area contributed by atoms with Crippen LogP contribution >= 0.6 is 7.91 Å². The van der Waals surface area contributed by atoms with Gasteiger partial charge in [-0.05, 0) is 6.92 Å². The maximum absolute atomic E-state index is 11.2. The van der Waals surface area contributed by atoms with Crippen LogP contribution in [0.3, 0.4) is 0 Å². The minimum atomic E-state index is -4.92. The Labute approximate surface area is 40.8 Å². The minimum Gasteiger partial charge on any atom is -0.282 e. The summed E-state index contributed by atoms with van der Waals surface area (Å²) in [6, 6.07) is 0. The van der Waals surface area contributed by atoms with Crippen LogP contribution in [0.15, 0.2) is 0 Å². The Morgan fingerprint density at radius 3 is 2.29 bits per heavy atom. The van der Waals surface area contributed by atoms with E-state index < -0.39 is 7.91 Å². The molecule has 1 atom stereocenters. The Hall–Kier alpha value is 0.0800. The minimum absolute atomic E-state index is 0.142. The second-order valence-corrected chi connectivity index (χ2v) is 1.97. The van der Waals surface area contributed by atoms with Crippen LogP contribution in [0.1, 0.15) is 6.92 Å². The molecular formula is C2H5FO3P. The lowest BCUT2D eigenvalue weighted by molar-refractivity contribution is 0.209. The average molecular weight is 127 g/mol. The highest BCUT2D eigenvalue weighted by molar-refractivity contribution is 7.46. The normalized spacial score (nSPS) is 18.7. The third-order valence-electron chi connectivity index (χ3n) is 0.283. The predicted molar refractivity (Wildman–Crippen MR) is 21.0 cm³/mol. The first kappa shape index (κ1) is 7.08. The zero-order valence-electron chi connectivity index (χ0n) is 3.76. The molecule has 7 heavy (non-hydrogen) atoms. The van der Waals surface area contributed by atoms with E-state index in [-0.39, 0.29) is 6.61 Å². The molecule has 1 unspecified atom stereocenters. The molecule has 0 rings (SSSR count). The fraction of sp³-hybridized carbons (Fsp3) is 1.00. The summed E-state index contributed by atoms with van der Waals surface area (Å²) in [6.45, 7) is 1.25. The van der Waals surface area contributed by atoms with Crippen LogP contribution in [0.5, 0.6) is 0 Å². The summed E-state index contributed by atoms with van der Waals surface area (Å²) < 4.78 is 24.1. The van der Waals surface area contributed by atoms with Gasteiger partial charge in [-0.15, -0.1) is 9.09 Å². The van der Waals surface area contributed by atoms with Crippen LogP contribution in [0, 0.1) is 0 Å². The van der Waals surface area contributed by atoms with E-state index in [1.165, 1.54) is 6.92 Å². The van der Waals surface area contributed by atoms with E-state index in [2.05, 4.69) is 4.52 Å². The lowest BCUT2D eigenvalue weighted by atomic mass is 10.9. The third-order valence-corrected chi connectivity index (χ3v) is 0.850. The highest BCUT2D eigenvalue weighted by Gasteiger charge is 2.17. The molecule has 0 saturated carbocycles. The quantitative estimate of drug-likeness (QED) is 0.528. The van der Waals surface area contributed by atoms with Gasteiger partial charge in [-0.1, -0.05) is 0 Å². The summed E-state index contributed by atoms with van der Waals surface area (Å²) in [7, 11) is -4.92. The summed E-state index contributed by atoms with van der Waals surface area (Å²) in [5.74, 6) is 0. The van der Waals surface area contributed by atoms with Crippen LogP contribution in [0.2, 0.25) is 0 Å². The van der Waals surface area contributed by atoms with Gasteiger partial charge < -0.3 is 0 Å². The maximum Gasteiger partial charge on any atom is 0.540 e. The molecule has 0 amide bonds. The lowest BCUT2D eigenvalue weighted by Gasteiger charge is -1.92. The van der Waals surface area contributed by atoms with Crippen molar-refractivity contribution in [2.24, 2.45) is 0 Å². The molecule has 0 fully saturated rings. The summed E-state index contributed by atoms with van der Waals surface area (Å²) in [5, 5.41) is 0. The van der Waals surface area contributed by atoms with E-state index >= 15 is 0 Å². The van der Waals surface area contributed by atoms with Gasteiger partial charge in [-0.3, -0.25) is 4.52 Å². The summed E-state index contributed by atoms with van der Waals surface area (Å²) in [6.07, 6.45) is 0. The standard InChI is InChI=1S/C2H5FO3P/c1-2-6-7(3,4)5/h2H2,1H3. The number of hydrogen-bond acceptors (Lipinski definition) is 2. The van der Waals surface area contributed by atoms with Crippen molar-refractivity contribution in [1.82, 2.24) is 0 Å². The van der Waals surface area contributed by atoms with Crippen molar-refractivity contribution in [3.05, 3.63) is 0 Å². The summed E-state index contributed by atoms with van der Waals surface area (Å²) in [5.41, 5.74) is 0. The zero-order chi connectivity index (χ0) is 5.91. The fourth-order valence-electron chi connectivity index (χ4n) is 0.154. The van der Waals surface area contributed by atoms with Gasteiger partial charge in [0.2, 0.25) is 0 Å². The Kier molecular flexibility index (Phi) is 2.43. The molecule has 0 bridgehead atoms. The molecule has 0 heterocycles. The van der Waals surface area contributed by atoms with Crippen LogP contribution in [-0.4, -0.2) is 6.61 Å². The van der Waals surface area contributed by atoms with Gasteiger partial charge in [0.25, 0.3) is 0 Å². The molecule has 43 valence electrons. The van der Waals surface area contributed by atoms with Crippen LogP contribution in [0.4, 0.5) is 4.20 Å². The summed E-state index contributed by atoms with van der Waals surface area (Å²) >= 11 is 0. The average Bonchev–Trinajstić information content (AvgIpc) is 1.30. The smallest absolute Gasteiger partial charge is 0.282 e. The Morgan fingerprint density at radius 1 is 1.86 bits per heavy atom. The first-order valence-corrected chi connectivity index (χ1v) is 3.15. The number of rotatable bonds is 2. The van der Waals surface area contributed by atoms with Crippen LogP contribution < -0.4 is 0 Å². The molecule has 0 aliphatic heterocycles. The number of hydrogen-bond donors (Lipinski definition) is 0. The van der Waals surface area contributed by atoms with Gasteiger partial charge in [-0.25, -0.2) is 4.57 Å². The molecule has 0 aliphatic carbocycles. The van der Waals surface area contributed by atoms with E-state index in [1.54, 1.807) is 0 Å². The third kappa shape index (κ3) is 6.08. The first-order valence-electron chi connectivity index (χ1n) is 1.71. The van der Waals surface area contributed by atoms with Gasteiger partial charge in [0.1, 0.15) is 0 Å². The molecule has 0 aromatic carbocycles. The van der Waals surface area contributed by atoms with E-state index in [0.29, 0.717) is 0 Å². The van der Waals surface area contributed by atoms with Crippen molar-refractivity contribution < 1.29 is 18.2 Å². The molecule has 3 nitrogen and oxygen atoms in total. The van der Waals surface area contributed by atoms with Crippen molar-refractivity contribution in [2.45, 2.75) is 6.92 Å². The molecular weight excluding hydrogens is 122 g/mol. The van der Waals surface area contributed by atoms with Crippen molar-refractivity contribution in [3.63, 3.8) is 0 Å². The lowest BCUT2D eigenvalue weighted by Crippen LogP contribution is -1.78. The van der Waals surface area contributed by atoms with E-state index in [9.17, 15) is 13.7 Å². The van der Waals surface area contributed by atoms with E-state index in [4.69, 9.17) is 0 Å². The van der Waals surface area contributed by atoms with Crippen LogP contribution in [0.25, 0.3) is 0 Å². The zero-order valence-corrected chi connectivity index (χ0v) is 4.65. The second kappa shape index (κ2) is 2.40. The molecule has 0 aromatic rings. The van der Waals surface area contributed by atoms with Crippen LogP contribution in [-0.2, 0) is 14.0 Å². The largest absolute Gasteiger partial charge is 0.540 e. The van der Waals surface area contributed by atoms with Crippen molar-refractivity contribution in [3.8, 4) is 0 Å². The van der Waals surface area contributed by atoms with Crippen molar-refractivity contribution in [2.75, 3.05) is 6.61 Å². The second-order valence-electron chi connectivity index (χ2n) is 0.848. The number of halogens is 1. The highest BCUT2D eigenvalue weighted by Crippen LogP contribution is 2.44. The topological polar surface area (TPSA) is 46.2 Å².